The number of carbonyl (C=O) groups is 2. The number of β-lactam (4-membered cyclic amide) rings is 1. The number of carboxylic acid groups (broad SMARTS) is 1. The maximum absolute atomic E-state index is 12.4. The van der Waals surface area contributed by atoms with Crippen LogP contribution in [0.1, 0.15) is 12.8 Å². The van der Waals surface area contributed by atoms with E-state index >= 15 is 0 Å². The number of aliphatic carboxylic acids is 1. The monoisotopic (exact) mass is 298 g/mol. The second kappa shape index (κ2) is 4.75. The Kier molecular flexibility index (Phi) is 3.30. The molecule has 3 aliphatic heterocycles. The van der Waals surface area contributed by atoms with E-state index in [0.29, 0.717) is 5.75 Å². The minimum atomic E-state index is -1.03. The van der Waals surface area contributed by atoms with Crippen molar-refractivity contribution in [2.45, 2.75) is 24.4 Å². The van der Waals surface area contributed by atoms with Crippen molar-refractivity contribution in [3.8, 4) is 0 Å². The molecular weight excluding hydrogens is 278 g/mol. The van der Waals surface area contributed by atoms with Crippen molar-refractivity contribution in [3.63, 3.8) is 0 Å². The lowest BCUT2D eigenvalue weighted by atomic mass is 9.92. The Bertz CT molecular complexity index is 487. The first-order valence-corrected chi connectivity index (χ1v) is 7.98. The normalized spacial score (nSPS) is 33.2. The van der Waals surface area contributed by atoms with Crippen molar-refractivity contribution < 1.29 is 19.2 Å². The molecule has 110 valence electrons. The van der Waals surface area contributed by atoms with Crippen LogP contribution in [0.15, 0.2) is 11.8 Å². The van der Waals surface area contributed by atoms with Gasteiger partial charge < -0.3 is 9.59 Å². The number of fused-ring (bicyclic) bond motifs is 1. The zero-order chi connectivity index (χ0) is 14.5. The van der Waals surface area contributed by atoms with E-state index in [9.17, 15) is 9.59 Å². The molecule has 2 saturated heterocycles. The zero-order valence-corrected chi connectivity index (χ0v) is 12.3. The highest BCUT2D eigenvalue weighted by atomic mass is 32.2. The Morgan fingerprint density at radius 2 is 2.20 bits per heavy atom. The van der Waals surface area contributed by atoms with Crippen molar-refractivity contribution in [2.24, 2.45) is 11.7 Å². The molecule has 1 amide bonds. The predicted molar refractivity (Wildman–Crippen MR) is 75.4 cm³/mol. The van der Waals surface area contributed by atoms with Gasteiger partial charge in [0.15, 0.2) is 6.17 Å². The quantitative estimate of drug-likeness (QED) is 0.566. The fourth-order valence-corrected chi connectivity index (χ4v) is 4.80. The number of thioether (sulfide) groups is 1. The summed E-state index contributed by atoms with van der Waals surface area (Å²) in [6.07, 6.45) is 3.67. The van der Waals surface area contributed by atoms with Gasteiger partial charge in [-0.2, -0.15) is 0 Å². The summed E-state index contributed by atoms with van der Waals surface area (Å²) in [5.74, 6) is -0.791. The number of hydrogen-bond acceptors (Lipinski definition) is 4. The van der Waals surface area contributed by atoms with E-state index in [1.165, 1.54) is 4.90 Å². The molecule has 7 heteroatoms. The van der Waals surface area contributed by atoms with E-state index in [-0.39, 0.29) is 29.1 Å². The molecule has 0 aromatic heterocycles. The molecule has 0 radical (unpaired) electrons. The molecule has 0 spiro atoms. The van der Waals surface area contributed by atoms with Crippen LogP contribution in [0, 0.1) is 5.92 Å². The highest BCUT2D eigenvalue weighted by Gasteiger charge is 2.59. The average molecular weight is 298 g/mol. The Balaban J connectivity index is 1.80. The van der Waals surface area contributed by atoms with Crippen LogP contribution >= 0.6 is 11.8 Å². The average Bonchev–Trinajstić information content (AvgIpc) is 2.85. The van der Waals surface area contributed by atoms with Crippen LogP contribution in [0.2, 0.25) is 0 Å². The van der Waals surface area contributed by atoms with E-state index in [0.717, 1.165) is 30.4 Å². The number of likely N-dealkylation sites (tertiary alicyclic amines) is 1. The van der Waals surface area contributed by atoms with E-state index in [1.807, 2.05) is 0 Å². The molecular formula is C13H20N3O3S+. The molecule has 0 bridgehead atoms. The van der Waals surface area contributed by atoms with Crippen LogP contribution in [0.25, 0.3) is 0 Å². The Morgan fingerprint density at radius 1 is 1.55 bits per heavy atom. The first-order valence-electron chi connectivity index (χ1n) is 6.94. The third-order valence-corrected chi connectivity index (χ3v) is 5.99. The molecule has 2 unspecified atom stereocenters. The van der Waals surface area contributed by atoms with Gasteiger partial charge in [-0.25, -0.2) is 4.79 Å². The third-order valence-electron chi connectivity index (χ3n) is 4.78. The summed E-state index contributed by atoms with van der Waals surface area (Å²) in [5.41, 5.74) is 6.50. The summed E-state index contributed by atoms with van der Waals surface area (Å²) in [7, 11) is 2.11. The standard InChI is InChI=1S/C13H19N3O3S/c1-16(5-2-3-6-16)10(14)9-11(17)15-8(13(18)19)4-7-20-12(9)15/h4,9-10,12H,2-3,5-7,14H2,1H3/p+1/t9?,10?,12-/m0/s1. The fourth-order valence-electron chi connectivity index (χ4n) is 3.49. The van der Waals surface area contributed by atoms with Gasteiger partial charge in [0.2, 0.25) is 5.91 Å². The second-order valence-electron chi connectivity index (χ2n) is 5.98. The van der Waals surface area contributed by atoms with Crippen LogP contribution in [0.3, 0.4) is 0 Å². The van der Waals surface area contributed by atoms with Gasteiger partial charge in [0.25, 0.3) is 0 Å². The van der Waals surface area contributed by atoms with E-state index in [1.54, 1.807) is 17.8 Å². The summed E-state index contributed by atoms with van der Waals surface area (Å²) in [5, 5.41) is 9.05. The second-order valence-corrected chi connectivity index (χ2v) is 7.13. The van der Waals surface area contributed by atoms with Gasteiger partial charge in [-0.3, -0.25) is 15.4 Å². The summed E-state index contributed by atoms with van der Waals surface area (Å²) in [6, 6.07) is 0. The van der Waals surface area contributed by atoms with Gasteiger partial charge in [-0.1, -0.05) is 0 Å². The van der Waals surface area contributed by atoms with Crippen molar-refractivity contribution in [2.75, 3.05) is 25.9 Å². The van der Waals surface area contributed by atoms with Crippen LogP contribution < -0.4 is 5.73 Å². The van der Waals surface area contributed by atoms with Crippen molar-refractivity contribution in [1.29, 1.82) is 0 Å². The molecule has 6 nitrogen and oxygen atoms in total. The lowest BCUT2D eigenvalue weighted by molar-refractivity contribution is -0.925. The van der Waals surface area contributed by atoms with Gasteiger partial charge in [-0.05, 0) is 6.08 Å². The lowest BCUT2D eigenvalue weighted by Gasteiger charge is -2.52. The predicted octanol–water partition coefficient (Wildman–Crippen LogP) is 0.0114. The van der Waals surface area contributed by atoms with E-state index in [4.69, 9.17) is 10.8 Å². The number of quaternary nitrogens is 1. The molecule has 3 heterocycles. The highest BCUT2D eigenvalue weighted by Crippen LogP contribution is 2.44. The lowest BCUT2D eigenvalue weighted by Crippen LogP contribution is -2.72. The fraction of sp³-hybridized carbons (Fsp3) is 0.692. The van der Waals surface area contributed by atoms with Crippen molar-refractivity contribution >= 4 is 23.6 Å². The molecule has 3 N–H and O–H groups in total. The minimum absolute atomic E-state index is 0.107. The summed E-state index contributed by atoms with van der Waals surface area (Å²) in [6.45, 7) is 2.01. The number of rotatable bonds is 3. The Hall–Kier alpha value is -1.05. The number of hydrogen-bond donors (Lipinski definition) is 2. The van der Waals surface area contributed by atoms with Crippen LogP contribution in [-0.4, -0.2) is 63.8 Å². The van der Waals surface area contributed by atoms with Gasteiger partial charge in [-0.15, -0.1) is 11.8 Å². The minimum Gasteiger partial charge on any atom is -0.477 e. The molecule has 0 aromatic carbocycles. The summed E-state index contributed by atoms with van der Waals surface area (Å²) in [4.78, 5) is 25.0. The topological polar surface area (TPSA) is 83.6 Å². The zero-order valence-electron chi connectivity index (χ0n) is 11.5. The van der Waals surface area contributed by atoms with Gasteiger partial charge >= 0.3 is 5.97 Å². The number of nitrogens with zero attached hydrogens (tertiary/aromatic N) is 2. The molecule has 2 fully saturated rings. The molecule has 0 aliphatic carbocycles. The molecule has 0 aromatic rings. The van der Waals surface area contributed by atoms with E-state index < -0.39 is 5.97 Å². The first-order chi connectivity index (χ1) is 9.46. The van der Waals surface area contributed by atoms with Crippen molar-refractivity contribution in [1.82, 2.24) is 4.90 Å². The number of carboxylic acids is 1. The van der Waals surface area contributed by atoms with Crippen LogP contribution in [0.5, 0.6) is 0 Å². The number of amides is 1. The van der Waals surface area contributed by atoms with Gasteiger partial charge in [0.05, 0.1) is 20.1 Å². The molecule has 0 saturated carbocycles. The van der Waals surface area contributed by atoms with E-state index in [2.05, 4.69) is 7.05 Å². The largest absolute Gasteiger partial charge is 0.477 e. The van der Waals surface area contributed by atoms with Gasteiger partial charge in [0, 0.05) is 18.6 Å². The number of carbonyl (C=O) groups excluding carboxylic acids is 1. The summed E-state index contributed by atoms with van der Waals surface area (Å²) >= 11 is 1.61. The molecule has 3 aliphatic rings. The summed E-state index contributed by atoms with van der Waals surface area (Å²) < 4.78 is 0.730. The highest BCUT2D eigenvalue weighted by molar-refractivity contribution is 8.00. The Morgan fingerprint density at radius 3 is 2.80 bits per heavy atom. The third kappa shape index (κ3) is 1.88. The van der Waals surface area contributed by atoms with Gasteiger partial charge in [0.1, 0.15) is 17.0 Å². The number of nitrogens with two attached hydrogens (primary N) is 1. The smallest absolute Gasteiger partial charge is 0.352 e. The Labute approximate surface area is 122 Å². The van der Waals surface area contributed by atoms with Crippen LogP contribution in [0.4, 0.5) is 0 Å². The van der Waals surface area contributed by atoms with Crippen molar-refractivity contribution in [3.05, 3.63) is 11.8 Å². The van der Waals surface area contributed by atoms with Crippen LogP contribution in [-0.2, 0) is 9.59 Å². The maximum Gasteiger partial charge on any atom is 0.352 e. The molecule has 20 heavy (non-hydrogen) atoms. The first kappa shape index (κ1) is 13.9. The maximum atomic E-state index is 12.4. The molecule has 3 atom stereocenters. The SMILES string of the molecule is C[N+]1(C(N)C2C(=O)N3C(C(=O)O)=CCS[C@@H]23)CCCC1. The molecule has 3 rings (SSSR count).